The summed E-state index contributed by atoms with van der Waals surface area (Å²) in [6, 6.07) is 9.66. The number of benzene rings is 1. The summed E-state index contributed by atoms with van der Waals surface area (Å²) in [5.74, 6) is 1.25. The van der Waals surface area contributed by atoms with Gasteiger partial charge in [-0.15, -0.1) is 0 Å². The van der Waals surface area contributed by atoms with Gasteiger partial charge in [-0.25, -0.2) is 14.4 Å². The number of morpholine rings is 1. The van der Waals surface area contributed by atoms with Crippen LogP contribution in [0.25, 0.3) is 0 Å². The van der Waals surface area contributed by atoms with Gasteiger partial charge in [0, 0.05) is 50.0 Å². The van der Waals surface area contributed by atoms with Gasteiger partial charge in [-0.1, -0.05) is 12.1 Å². The number of nitrogens with one attached hydrogen (secondary N) is 2. The van der Waals surface area contributed by atoms with Crippen molar-refractivity contribution in [1.29, 1.82) is 0 Å². The topological polar surface area (TPSA) is 71.0 Å². The van der Waals surface area contributed by atoms with Crippen LogP contribution in [0.4, 0.5) is 4.39 Å². The molecule has 1 aromatic heterocycles. The Labute approximate surface area is 183 Å². The molecule has 0 saturated carbocycles. The van der Waals surface area contributed by atoms with Crippen LogP contribution in [0.1, 0.15) is 26.3 Å². The lowest BCUT2D eigenvalue weighted by Gasteiger charge is -2.41. The molecular formula is C23H32FN5O2. The van der Waals surface area contributed by atoms with E-state index in [1.54, 1.807) is 24.4 Å². The van der Waals surface area contributed by atoms with E-state index < -0.39 is 0 Å². The lowest BCUT2D eigenvalue weighted by Crippen LogP contribution is -2.56. The fraction of sp³-hybridized carbons (Fsp3) is 0.478. The zero-order chi connectivity index (χ0) is 22.1. The van der Waals surface area contributed by atoms with Crippen LogP contribution in [0.5, 0.6) is 11.6 Å². The molecule has 1 saturated heterocycles. The molecule has 0 atom stereocenters. The minimum atomic E-state index is -0.344. The predicted molar refractivity (Wildman–Crippen MR) is 120 cm³/mol. The molecule has 1 aliphatic rings. The van der Waals surface area contributed by atoms with Gasteiger partial charge in [0.1, 0.15) is 11.6 Å². The molecule has 7 nitrogen and oxygen atoms in total. The fourth-order valence-electron chi connectivity index (χ4n) is 3.31. The van der Waals surface area contributed by atoms with E-state index in [4.69, 9.17) is 9.47 Å². The normalized spacial score (nSPS) is 15.5. The summed E-state index contributed by atoms with van der Waals surface area (Å²) in [6.07, 6.45) is 1.72. The lowest BCUT2D eigenvalue weighted by molar-refractivity contribution is -0.00834. The van der Waals surface area contributed by atoms with Crippen LogP contribution in [0.2, 0.25) is 0 Å². The summed E-state index contributed by atoms with van der Waals surface area (Å²) in [5, 5.41) is 6.75. The fourth-order valence-corrected chi connectivity index (χ4v) is 3.31. The predicted octanol–water partition coefficient (Wildman–Crippen LogP) is 3.18. The van der Waals surface area contributed by atoms with E-state index in [1.807, 2.05) is 13.0 Å². The number of aliphatic imine (C=N–C) groups is 1. The van der Waals surface area contributed by atoms with Gasteiger partial charge in [-0.3, -0.25) is 4.90 Å². The van der Waals surface area contributed by atoms with Crippen LogP contribution in [-0.4, -0.2) is 60.8 Å². The van der Waals surface area contributed by atoms with Crippen molar-refractivity contribution in [2.24, 2.45) is 4.99 Å². The van der Waals surface area contributed by atoms with Crippen molar-refractivity contribution < 1.29 is 13.9 Å². The zero-order valence-electron chi connectivity index (χ0n) is 18.5. The number of hydrogen-bond acceptors (Lipinski definition) is 5. The highest BCUT2D eigenvalue weighted by Gasteiger charge is 2.28. The number of ether oxygens (including phenoxy) is 2. The first-order chi connectivity index (χ1) is 15.0. The number of nitrogens with zero attached hydrogens (tertiary/aromatic N) is 3. The highest BCUT2D eigenvalue weighted by molar-refractivity contribution is 5.79. The van der Waals surface area contributed by atoms with Gasteiger partial charge in [0.25, 0.3) is 0 Å². The van der Waals surface area contributed by atoms with Gasteiger partial charge in [0.05, 0.1) is 19.8 Å². The second-order valence-corrected chi connectivity index (χ2v) is 8.02. The highest BCUT2D eigenvalue weighted by atomic mass is 19.1. The third-order valence-electron chi connectivity index (χ3n) is 5.14. The molecule has 0 radical (unpaired) electrons. The van der Waals surface area contributed by atoms with Crippen molar-refractivity contribution in [1.82, 2.24) is 20.5 Å². The Balaban J connectivity index is 1.55. The van der Waals surface area contributed by atoms with Gasteiger partial charge in [-0.05, 0) is 38.5 Å². The average molecular weight is 430 g/mol. The van der Waals surface area contributed by atoms with Crippen molar-refractivity contribution in [3.63, 3.8) is 0 Å². The smallest absolute Gasteiger partial charge is 0.219 e. The number of halogens is 1. The molecule has 0 amide bonds. The number of rotatable bonds is 8. The Morgan fingerprint density at radius 1 is 1.23 bits per heavy atom. The Bertz CT molecular complexity index is 851. The largest absolute Gasteiger partial charge is 0.439 e. The molecule has 1 aliphatic heterocycles. The second kappa shape index (κ2) is 11.1. The molecule has 8 heteroatoms. The summed E-state index contributed by atoms with van der Waals surface area (Å²) >= 11 is 0. The summed E-state index contributed by atoms with van der Waals surface area (Å²) in [7, 11) is 0. The molecule has 168 valence electrons. The van der Waals surface area contributed by atoms with Crippen molar-refractivity contribution in [2.45, 2.75) is 32.9 Å². The van der Waals surface area contributed by atoms with Gasteiger partial charge in [0.15, 0.2) is 5.96 Å². The second-order valence-electron chi connectivity index (χ2n) is 8.02. The van der Waals surface area contributed by atoms with Gasteiger partial charge < -0.3 is 20.1 Å². The van der Waals surface area contributed by atoms with E-state index >= 15 is 0 Å². The molecule has 1 fully saturated rings. The minimum Gasteiger partial charge on any atom is -0.439 e. The Kier molecular flexibility index (Phi) is 8.20. The Morgan fingerprint density at radius 3 is 2.71 bits per heavy atom. The third kappa shape index (κ3) is 7.18. The SMILES string of the molecule is CCNC(=NCc1ccc(Oc2cccc(F)c2)nc1)NCC(C)(C)N1CCOCC1. The maximum absolute atomic E-state index is 13.3. The molecule has 0 unspecified atom stereocenters. The van der Waals surface area contributed by atoms with E-state index in [2.05, 4.69) is 39.4 Å². The molecule has 0 bridgehead atoms. The van der Waals surface area contributed by atoms with Crippen LogP contribution in [0, 0.1) is 5.82 Å². The first-order valence-corrected chi connectivity index (χ1v) is 10.7. The van der Waals surface area contributed by atoms with Gasteiger partial charge in [-0.2, -0.15) is 0 Å². The van der Waals surface area contributed by atoms with E-state index in [-0.39, 0.29) is 11.4 Å². The molecule has 2 heterocycles. The number of guanidine groups is 1. The van der Waals surface area contributed by atoms with E-state index in [1.165, 1.54) is 12.1 Å². The summed E-state index contributed by atoms with van der Waals surface area (Å²) in [6.45, 7) is 12.0. The molecule has 1 aromatic carbocycles. The molecule has 0 aliphatic carbocycles. The highest BCUT2D eigenvalue weighted by Crippen LogP contribution is 2.20. The molecule has 0 spiro atoms. The van der Waals surface area contributed by atoms with Crippen molar-refractivity contribution in [3.8, 4) is 11.6 Å². The molecule has 3 rings (SSSR count). The first-order valence-electron chi connectivity index (χ1n) is 10.7. The van der Waals surface area contributed by atoms with Crippen LogP contribution >= 0.6 is 0 Å². The van der Waals surface area contributed by atoms with E-state index in [0.29, 0.717) is 18.2 Å². The van der Waals surface area contributed by atoms with Crippen LogP contribution < -0.4 is 15.4 Å². The van der Waals surface area contributed by atoms with Crippen molar-refractivity contribution >= 4 is 5.96 Å². The monoisotopic (exact) mass is 429 g/mol. The zero-order valence-corrected chi connectivity index (χ0v) is 18.5. The van der Waals surface area contributed by atoms with E-state index in [9.17, 15) is 4.39 Å². The average Bonchev–Trinajstić information content (AvgIpc) is 2.77. The number of hydrogen-bond donors (Lipinski definition) is 2. The summed E-state index contributed by atoms with van der Waals surface area (Å²) in [4.78, 5) is 11.4. The lowest BCUT2D eigenvalue weighted by atomic mass is 10.0. The van der Waals surface area contributed by atoms with Crippen molar-refractivity contribution in [3.05, 3.63) is 54.0 Å². The Hall–Kier alpha value is -2.71. The summed E-state index contributed by atoms with van der Waals surface area (Å²) < 4.78 is 24.3. The van der Waals surface area contributed by atoms with E-state index in [0.717, 1.165) is 50.9 Å². The summed E-state index contributed by atoms with van der Waals surface area (Å²) in [5.41, 5.74) is 0.952. The van der Waals surface area contributed by atoms with Gasteiger partial charge >= 0.3 is 0 Å². The van der Waals surface area contributed by atoms with Crippen LogP contribution in [-0.2, 0) is 11.3 Å². The van der Waals surface area contributed by atoms with Crippen molar-refractivity contribution in [2.75, 3.05) is 39.4 Å². The van der Waals surface area contributed by atoms with Crippen LogP contribution in [0.15, 0.2) is 47.6 Å². The first kappa shape index (κ1) is 23.0. The maximum atomic E-state index is 13.3. The van der Waals surface area contributed by atoms with Crippen LogP contribution in [0.3, 0.4) is 0 Å². The minimum absolute atomic E-state index is 0.00255. The molecule has 2 aromatic rings. The number of aromatic nitrogens is 1. The molecule has 2 N–H and O–H groups in total. The third-order valence-corrected chi connectivity index (χ3v) is 5.14. The molecule has 31 heavy (non-hydrogen) atoms. The maximum Gasteiger partial charge on any atom is 0.219 e. The molecular weight excluding hydrogens is 397 g/mol. The Morgan fingerprint density at radius 2 is 2.03 bits per heavy atom. The number of pyridine rings is 1. The van der Waals surface area contributed by atoms with Gasteiger partial charge in [0.2, 0.25) is 5.88 Å². The standard InChI is InChI=1S/C23H32FN5O2/c1-4-25-22(28-17-23(2,3)29-10-12-30-13-11-29)27-16-18-8-9-21(26-15-18)31-20-7-5-6-19(24)14-20/h5-9,14-15H,4,10-13,16-17H2,1-3H3,(H2,25,27,28). The quantitative estimate of drug-likeness (QED) is 0.496.